The molecular weight excluding hydrogens is 398 g/mol. The monoisotopic (exact) mass is 419 g/mol. The van der Waals surface area contributed by atoms with Crippen molar-refractivity contribution < 1.29 is 23.5 Å². The fourth-order valence-corrected chi connectivity index (χ4v) is 3.12. The van der Waals surface area contributed by atoms with Crippen LogP contribution in [0.4, 0.5) is 0 Å². The van der Waals surface area contributed by atoms with Crippen LogP contribution in [0, 0.1) is 0 Å². The molecule has 0 fully saturated rings. The van der Waals surface area contributed by atoms with E-state index in [0.29, 0.717) is 29.6 Å². The van der Waals surface area contributed by atoms with Crippen molar-refractivity contribution in [2.45, 2.75) is 13.2 Å². The summed E-state index contributed by atoms with van der Waals surface area (Å²) in [5, 5.41) is 8.58. The molecule has 8 heteroatoms. The lowest BCUT2D eigenvalue weighted by atomic mass is 10.1. The minimum Gasteiger partial charge on any atom is -0.493 e. The molecule has 2 aromatic carbocycles. The molecule has 0 unspecified atom stereocenters. The van der Waals surface area contributed by atoms with E-state index in [1.807, 2.05) is 30.3 Å². The summed E-state index contributed by atoms with van der Waals surface area (Å²) in [4.78, 5) is 16.5. The Morgan fingerprint density at radius 2 is 1.90 bits per heavy atom. The Morgan fingerprint density at radius 1 is 1.03 bits per heavy atom. The summed E-state index contributed by atoms with van der Waals surface area (Å²) < 4.78 is 21.6. The lowest BCUT2D eigenvalue weighted by molar-refractivity contribution is 0.0941. The predicted molar refractivity (Wildman–Crippen MR) is 113 cm³/mol. The van der Waals surface area contributed by atoms with E-state index in [9.17, 15) is 4.79 Å². The maximum absolute atomic E-state index is 12.4. The number of carbonyl (C=O) groups excluding carboxylic acids is 1. The van der Waals surface area contributed by atoms with Crippen molar-refractivity contribution in [2.75, 3.05) is 14.2 Å². The first-order chi connectivity index (χ1) is 15.2. The minimum atomic E-state index is -0.346. The van der Waals surface area contributed by atoms with E-state index in [0.717, 1.165) is 16.3 Å². The van der Waals surface area contributed by atoms with Gasteiger partial charge in [-0.2, -0.15) is 0 Å². The number of nitrogens with one attached hydrogen (secondary N) is 1. The molecule has 8 nitrogen and oxygen atoms in total. The summed E-state index contributed by atoms with van der Waals surface area (Å²) in [6, 6.07) is 14.6. The van der Waals surface area contributed by atoms with E-state index >= 15 is 0 Å². The van der Waals surface area contributed by atoms with Crippen LogP contribution in [0.25, 0.3) is 10.8 Å². The summed E-state index contributed by atoms with van der Waals surface area (Å²) >= 11 is 0. The molecule has 2 aromatic heterocycles. The van der Waals surface area contributed by atoms with Crippen LogP contribution >= 0.6 is 0 Å². The van der Waals surface area contributed by atoms with Gasteiger partial charge in [-0.3, -0.25) is 9.78 Å². The van der Waals surface area contributed by atoms with Crippen molar-refractivity contribution in [1.82, 2.24) is 15.5 Å². The topological polar surface area (TPSA) is 95.7 Å². The van der Waals surface area contributed by atoms with Gasteiger partial charge < -0.3 is 24.1 Å². The summed E-state index contributed by atoms with van der Waals surface area (Å²) in [5.74, 6) is 2.03. The second-order valence-electron chi connectivity index (χ2n) is 6.69. The van der Waals surface area contributed by atoms with E-state index in [1.54, 1.807) is 44.8 Å². The number of amides is 1. The first-order valence-corrected chi connectivity index (χ1v) is 9.58. The van der Waals surface area contributed by atoms with E-state index in [2.05, 4.69) is 15.5 Å². The molecule has 0 saturated carbocycles. The van der Waals surface area contributed by atoms with Gasteiger partial charge in [-0.05, 0) is 29.8 Å². The number of fused-ring (bicyclic) bond motifs is 1. The summed E-state index contributed by atoms with van der Waals surface area (Å²) in [5.41, 5.74) is 1.05. The van der Waals surface area contributed by atoms with Gasteiger partial charge in [0, 0.05) is 35.8 Å². The van der Waals surface area contributed by atoms with Crippen LogP contribution in [0.5, 0.6) is 17.2 Å². The summed E-state index contributed by atoms with van der Waals surface area (Å²) in [6.07, 6.45) is 3.49. The molecule has 0 saturated heterocycles. The largest absolute Gasteiger partial charge is 0.493 e. The van der Waals surface area contributed by atoms with Crippen LogP contribution in [0.2, 0.25) is 0 Å². The molecule has 2 heterocycles. The maximum atomic E-state index is 12.4. The number of nitrogens with zero attached hydrogens (tertiary/aromatic N) is 2. The number of hydrogen-bond acceptors (Lipinski definition) is 7. The van der Waals surface area contributed by atoms with Gasteiger partial charge in [0.1, 0.15) is 12.4 Å². The zero-order chi connectivity index (χ0) is 21.6. The predicted octanol–water partition coefficient (Wildman–Crippen LogP) is 3.75. The number of carbonyl (C=O) groups is 1. The third-order valence-corrected chi connectivity index (χ3v) is 4.70. The number of pyridine rings is 1. The lowest BCUT2D eigenvalue weighted by Crippen LogP contribution is -2.23. The van der Waals surface area contributed by atoms with Crippen LogP contribution in [0.15, 0.2) is 65.4 Å². The van der Waals surface area contributed by atoms with Gasteiger partial charge in [-0.25, -0.2) is 0 Å². The molecule has 0 spiro atoms. The molecule has 4 aromatic rings. The van der Waals surface area contributed by atoms with Crippen molar-refractivity contribution >= 4 is 16.7 Å². The Balaban J connectivity index is 1.36. The van der Waals surface area contributed by atoms with Crippen LogP contribution in [0.3, 0.4) is 0 Å². The van der Waals surface area contributed by atoms with Gasteiger partial charge in [0.05, 0.1) is 14.2 Å². The van der Waals surface area contributed by atoms with Crippen LogP contribution < -0.4 is 19.5 Å². The van der Waals surface area contributed by atoms with Crippen LogP contribution in [-0.4, -0.2) is 30.3 Å². The van der Waals surface area contributed by atoms with Crippen LogP contribution in [-0.2, 0) is 13.2 Å². The van der Waals surface area contributed by atoms with Gasteiger partial charge >= 0.3 is 0 Å². The summed E-state index contributed by atoms with van der Waals surface area (Å²) in [7, 11) is 3.14. The Kier molecular flexibility index (Phi) is 5.98. The molecule has 0 radical (unpaired) electrons. The molecule has 1 amide bonds. The Morgan fingerprint density at radius 3 is 2.74 bits per heavy atom. The first kappa shape index (κ1) is 20.2. The van der Waals surface area contributed by atoms with Crippen molar-refractivity contribution in [3.05, 3.63) is 77.9 Å². The van der Waals surface area contributed by atoms with Gasteiger partial charge in [0.15, 0.2) is 23.0 Å². The van der Waals surface area contributed by atoms with E-state index in [-0.39, 0.29) is 18.2 Å². The SMILES string of the molecule is COc1ccc(CNC(=O)c2cc(COc3cccc4cnccc34)on2)cc1OC. The molecule has 0 atom stereocenters. The molecule has 31 heavy (non-hydrogen) atoms. The number of benzene rings is 2. The Bertz CT molecular complexity index is 1200. The number of aromatic nitrogens is 2. The zero-order valence-corrected chi connectivity index (χ0v) is 17.1. The second-order valence-corrected chi connectivity index (χ2v) is 6.69. The molecular formula is C23H21N3O5. The third kappa shape index (κ3) is 4.58. The van der Waals surface area contributed by atoms with Crippen molar-refractivity contribution in [1.29, 1.82) is 0 Å². The highest BCUT2D eigenvalue weighted by atomic mass is 16.5. The lowest BCUT2D eigenvalue weighted by Gasteiger charge is -2.09. The van der Waals surface area contributed by atoms with Crippen molar-refractivity contribution in [3.63, 3.8) is 0 Å². The maximum Gasteiger partial charge on any atom is 0.273 e. The fourth-order valence-electron chi connectivity index (χ4n) is 3.12. The van der Waals surface area contributed by atoms with E-state index in [1.165, 1.54) is 0 Å². The Hall–Kier alpha value is -4.07. The molecule has 158 valence electrons. The van der Waals surface area contributed by atoms with Crippen LogP contribution in [0.1, 0.15) is 21.8 Å². The summed E-state index contributed by atoms with van der Waals surface area (Å²) in [6.45, 7) is 0.458. The van der Waals surface area contributed by atoms with Gasteiger partial charge in [0.25, 0.3) is 5.91 Å². The number of rotatable bonds is 8. The van der Waals surface area contributed by atoms with Crippen molar-refractivity contribution in [2.24, 2.45) is 0 Å². The molecule has 0 aliphatic carbocycles. The smallest absolute Gasteiger partial charge is 0.273 e. The minimum absolute atomic E-state index is 0.150. The molecule has 0 aliphatic heterocycles. The zero-order valence-electron chi connectivity index (χ0n) is 17.1. The molecule has 4 rings (SSSR count). The van der Waals surface area contributed by atoms with Crippen molar-refractivity contribution in [3.8, 4) is 17.2 Å². The fraction of sp³-hybridized carbons (Fsp3) is 0.174. The van der Waals surface area contributed by atoms with E-state index in [4.69, 9.17) is 18.7 Å². The number of methoxy groups -OCH3 is 2. The second kappa shape index (κ2) is 9.17. The Labute approximate surface area is 178 Å². The van der Waals surface area contributed by atoms with E-state index < -0.39 is 0 Å². The average Bonchev–Trinajstić information content (AvgIpc) is 3.30. The highest BCUT2D eigenvalue weighted by molar-refractivity contribution is 5.92. The van der Waals surface area contributed by atoms with Gasteiger partial charge in [-0.15, -0.1) is 0 Å². The van der Waals surface area contributed by atoms with Gasteiger partial charge in [0.2, 0.25) is 0 Å². The number of ether oxygens (including phenoxy) is 3. The van der Waals surface area contributed by atoms with Gasteiger partial charge in [-0.1, -0.05) is 23.4 Å². The highest BCUT2D eigenvalue weighted by Gasteiger charge is 2.14. The number of hydrogen-bond donors (Lipinski definition) is 1. The standard InChI is InChI=1S/C23H21N3O5/c1-28-21-7-6-15(10-22(21)29-2)12-25-23(27)19-11-17(31-26-19)14-30-20-5-3-4-16-13-24-9-8-18(16)20/h3-11,13H,12,14H2,1-2H3,(H,25,27). The highest BCUT2D eigenvalue weighted by Crippen LogP contribution is 2.27. The first-order valence-electron chi connectivity index (χ1n) is 9.58. The molecule has 0 aliphatic rings. The normalized spacial score (nSPS) is 10.6. The third-order valence-electron chi connectivity index (χ3n) is 4.70. The average molecular weight is 419 g/mol. The molecule has 1 N–H and O–H groups in total. The molecule has 0 bridgehead atoms. The quantitative estimate of drug-likeness (QED) is 0.465.